The van der Waals surface area contributed by atoms with Gasteiger partial charge >= 0.3 is 0 Å². The predicted octanol–water partition coefficient (Wildman–Crippen LogP) is 1.66. The molecule has 0 saturated carbocycles. The van der Waals surface area contributed by atoms with Gasteiger partial charge in [0.1, 0.15) is 17.5 Å². The second-order valence-electron chi connectivity index (χ2n) is 4.03. The van der Waals surface area contributed by atoms with Crippen LogP contribution in [0.4, 0.5) is 10.3 Å². The van der Waals surface area contributed by atoms with Gasteiger partial charge < -0.3 is 10.2 Å². The minimum absolute atomic E-state index is 0.0236. The van der Waals surface area contributed by atoms with Crippen LogP contribution in [0.25, 0.3) is 11.4 Å². The van der Waals surface area contributed by atoms with E-state index in [1.807, 2.05) is 26.8 Å². The number of nitrogens with two attached hydrogens (primary N) is 1. The first kappa shape index (κ1) is 12.3. The van der Waals surface area contributed by atoms with Crippen LogP contribution in [-0.2, 0) is 0 Å². The summed E-state index contributed by atoms with van der Waals surface area (Å²) in [6.07, 6.45) is 0. The molecule has 0 saturated heterocycles. The summed E-state index contributed by atoms with van der Waals surface area (Å²) < 4.78 is 18.4. The normalized spacial score (nSPS) is 14.8. The van der Waals surface area contributed by atoms with Crippen molar-refractivity contribution >= 4 is 17.3 Å². The second kappa shape index (κ2) is 4.40. The van der Waals surface area contributed by atoms with Crippen molar-refractivity contribution in [1.82, 2.24) is 0 Å². The highest BCUT2D eigenvalue weighted by atomic mass is 19.1. The molecule has 2 N–H and O–H groups in total. The molecule has 4 heteroatoms. The Morgan fingerprint density at radius 3 is 2.38 bits per heavy atom. The second-order valence-corrected chi connectivity index (χ2v) is 4.03. The third kappa shape index (κ3) is 1.94. The standard InChI is InChI=1S/C12H15FN2O/c1-6(2)7(3)10-9(5-14)12(15)16-11(10)8(4)13/h6H,15H2,1-4H3/b10-7+,11-8-. The zero-order chi connectivity index (χ0) is 12.5. The molecule has 0 unspecified atom stereocenters. The smallest absolute Gasteiger partial charge is 0.209 e. The van der Waals surface area contributed by atoms with Crippen molar-refractivity contribution < 1.29 is 8.81 Å². The SMILES string of the molecule is C/C(F)=c1/oc(N)c(C#N)/c1=C(/C)C(C)C. The first-order valence-corrected chi connectivity index (χ1v) is 5.05. The Kier molecular flexibility index (Phi) is 3.38. The summed E-state index contributed by atoms with van der Waals surface area (Å²) in [5.74, 6) is -0.296. The quantitative estimate of drug-likeness (QED) is 0.786. The molecule has 1 rings (SSSR count). The average molecular weight is 222 g/mol. The molecule has 0 amide bonds. The van der Waals surface area contributed by atoms with Gasteiger partial charge in [0.05, 0.1) is 0 Å². The van der Waals surface area contributed by atoms with E-state index >= 15 is 0 Å². The monoisotopic (exact) mass is 222 g/mol. The Morgan fingerprint density at radius 1 is 1.44 bits per heavy atom. The van der Waals surface area contributed by atoms with Crippen LogP contribution in [0.3, 0.4) is 0 Å². The molecule has 86 valence electrons. The maximum absolute atomic E-state index is 13.3. The molecule has 1 aromatic rings. The van der Waals surface area contributed by atoms with Crippen molar-refractivity contribution in [3.63, 3.8) is 0 Å². The summed E-state index contributed by atoms with van der Waals surface area (Å²) >= 11 is 0. The van der Waals surface area contributed by atoms with Crippen LogP contribution in [0, 0.1) is 17.2 Å². The molecule has 0 aliphatic carbocycles. The number of hydrogen-bond donors (Lipinski definition) is 1. The Bertz CT molecular complexity index is 557. The number of furan rings is 1. The molecule has 0 radical (unpaired) electrons. The summed E-state index contributed by atoms with van der Waals surface area (Å²) in [4.78, 5) is 0. The summed E-state index contributed by atoms with van der Waals surface area (Å²) in [7, 11) is 0. The fraction of sp³-hybridized carbons (Fsp3) is 0.417. The molecular formula is C12H15FN2O. The molecule has 3 nitrogen and oxygen atoms in total. The van der Waals surface area contributed by atoms with Crippen molar-refractivity contribution in [3.05, 3.63) is 16.2 Å². The molecule has 0 bridgehead atoms. The van der Waals surface area contributed by atoms with E-state index in [9.17, 15) is 4.39 Å². The van der Waals surface area contributed by atoms with Gasteiger partial charge in [-0.2, -0.15) is 5.26 Å². The number of hydrogen-bond acceptors (Lipinski definition) is 3. The van der Waals surface area contributed by atoms with Crippen molar-refractivity contribution in [2.24, 2.45) is 5.92 Å². The number of nitriles is 1. The van der Waals surface area contributed by atoms with E-state index in [0.717, 1.165) is 5.57 Å². The molecule has 1 aromatic heterocycles. The first-order chi connectivity index (χ1) is 7.40. The lowest BCUT2D eigenvalue weighted by atomic mass is 10.0. The summed E-state index contributed by atoms with van der Waals surface area (Å²) in [6, 6.07) is 1.96. The van der Waals surface area contributed by atoms with Crippen LogP contribution in [0.1, 0.15) is 33.3 Å². The minimum atomic E-state index is -0.469. The van der Waals surface area contributed by atoms with E-state index < -0.39 is 5.83 Å². The molecule has 16 heavy (non-hydrogen) atoms. The van der Waals surface area contributed by atoms with Gasteiger partial charge in [0.25, 0.3) is 0 Å². The van der Waals surface area contributed by atoms with E-state index in [0.29, 0.717) is 5.22 Å². The zero-order valence-corrected chi connectivity index (χ0v) is 9.89. The van der Waals surface area contributed by atoms with E-state index in [1.54, 1.807) is 0 Å². The lowest BCUT2D eigenvalue weighted by molar-refractivity contribution is 0.528. The molecule has 0 atom stereocenters. The maximum Gasteiger partial charge on any atom is 0.209 e. The van der Waals surface area contributed by atoms with Crippen LogP contribution in [0.2, 0.25) is 0 Å². The molecule has 0 aliphatic heterocycles. The fourth-order valence-electron chi connectivity index (χ4n) is 1.47. The van der Waals surface area contributed by atoms with E-state index in [-0.39, 0.29) is 22.8 Å². The predicted molar refractivity (Wildman–Crippen MR) is 61.2 cm³/mol. The van der Waals surface area contributed by atoms with Crippen LogP contribution in [0.5, 0.6) is 0 Å². The van der Waals surface area contributed by atoms with E-state index in [4.69, 9.17) is 15.4 Å². The largest absolute Gasteiger partial charge is 0.437 e. The Balaban J connectivity index is 3.95. The Morgan fingerprint density at radius 2 is 2.00 bits per heavy atom. The van der Waals surface area contributed by atoms with Gasteiger partial charge in [-0.3, -0.25) is 0 Å². The highest BCUT2D eigenvalue weighted by molar-refractivity contribution is 5.57. The molecule has 1 heterocycles. The number of nitrogen functional groups attached to an aromatic ring is 1. The minimum Gasteiger partial charge on any atom is -0.437 e. The summed E-state index contributed by atoms with van der Waals surface area (Å²) in [6.45, 7) is 7.08. The van der Waals surface area contributed by atoms with E-state index in [1.165, 1.54) is 6.92 Å². The average Bonchev–Trinajstić information content (AvgIpc) is 2.53. The van der Waals surface area contributed by atoms with Gasteiger partial charge in [-0.1, -0.05) is 19.4 Å². The first-order valence-electron chi connectivity index (χ1n) is 5.05. The Labute approximate surface area is 93.7 Å². The third-order valence-electron chi connectivity index (χ3n) is 2.62. The van der Waals surface area contributed by atoms with Crippen molar-refractivity contribution in [3.8, 4) is 6.07 Å². The maximum atomic E-state index is 13.3. The topological polar surface area (TPSA) is 62.9 Å². The fourth-order valence-corrected chi connectivity index (χ4v) is 1.47. The lowest BCUT2D eigenvalue weighted by Crippen LogP contribution is -2.27. The lowest BCUT2D eigenvalue weighted by Gasteiger charge is -2.02. The van der Waals surface area contributed by atoms with Crippen LogP contribution in [0.15, 0.2) is 4.42 Å². The summed E-state index contributed by atoms with van der Waals surface area (Å²) in [5, 5.41) is 9.49. The third-order valence-corrected chi connectivity index (χ3v) is 2.62. The highest BCUT2D eigenvalue weighted by Gasteiger charge is 2.13. The molecular weight excluding hydrogens is 207 g/mol. The number of rotatable bonds is 1. The molecule has 0 aromatic carbocycles. The van der Waals surface area contributed by atoms with Crippen LogP contribution >= 0.6 is 0 Å². The van der Waals surface area contributed by atoms with Gasteiger partial charge in [-0.15, -0.1) is 0 Å². The molecule has 0 spiro atoms. The summed E-state index contributed by atoms with van der Waals surface area (Å²) in [5.41, 5.74) is 6.73. The Hall–Kier alpha value is -1.76. The van der Waals surface area contributed by atoms with Crippen molar-refractivity contribution in [2.75, 3.05) is 5.73 Å². The number of nitrogens with zero attached hydrogens (tertiary/aromatic N) is 1. The zero-order valence-electron chi connectivity index (χ0n) is 9.89. The van der Waals surface area contributed by atoms with Gasteiger partial charge in [-0.05, 0) is 19.8 Å². The van der Waals surface area contributed by atoms with E-state index in [2.05, 4.69) is 0 Å². The van der Waals surface area contributed by atoms with Gasteiger partial charge in [0.15, 0.2) is 5.42 Å². The van der Waals surface area contributed by atoms with Gasteiger partial charge in [-0.25, -0.2) is 4.39 Å². The van der Waals surface area contributed by atoms with Gasteiger partial charge in [0.2, 0.25) is 5.88 Å². The van der Waals surface area contributed by atoms with Crippen molar-refractivity contribution in [1.29, 1.82) is 5.26 Å². The van der Waals surface area contributed by atoms with Crippen LogP contribution < -0.4 is 16.4 Å². The molecule has 0 aliphatic rings. The van der Waals surface area contributed by atoms with Crippen molar-refractivity contribution in [2.45, 2.75) is 27.7 Å². The number of halogens is 1. The molecule has 0 fully saturated rings. The van der Waals surface area contributed by atoms with Gasteiger partial charge in [0, 0.05) is 5.22 Å². The van der Waals surface area contributed by atoms with Crippen LogP contribution in [-0.4, -0.2) is 0 Å². The number of anilines is 1. The highest BCUT2D eigenvalue weighted by Crippen LogP contribution is 2.11.